The molecule has 0 aliphatic rings. The zero-order chi connectivity index (χ0) is 17.4. The number of rotatable bonds is 5. The summed E-state index contributed by atoms with van der Waals surface area (Å²) in [5.74, 6) is 0.697. The van der Waals surface area contributed by atoms with Gasteiger partial charge < -0.3 is 4.42 Å². The molecule has 25 heavy (non-hydrogen) atoms. The predicted octanol–water partition coefficient (Wildman–Crippen LogP) is 3.08. The average molecular weight is 363 g/mol. The normalized spacial score (nSPS) is 11.7. The van der Waals surface area contributed by atoms with Crippen molar-refractivity contribution in [3.8, 4) is 11.6 Å². The molecule has 128 valence electrons. The van der Waals surface area contributed by atoms with E-state index in [1.807, 2.05) is 11.5 Å². The molecule has 8 nitrogen and oxygen atoms in total. The Morgan fingerprint density at radius 3 is 2.76 bits per heavy atom. The van der Waals surface area contributed by atoms with Crippen molar-refractivity contribution in [1.82, 2.24) is 34.6 Å². The molecule has 4 aromatic rings. The zero-order valence-corrected chi connectivity index (χ0v) is 13.7. The van der Waals surface area contributed by atoms with Crippen LogP contribution in [0.15, 0.2) is 45.1 Å². The first-order chi connectivity index (χ1) is 12.2. The van der Waals surface area contributed by atoms with Crippen LogP contribution in [0.1, 0.15) is 19.2 Å². The molecular weight excluding hydrogens is 352 g/mol. The van der Waals surface area contributed by atoms with Crippen LogP contribution in [0.3, 0.4) is 0 Å². The van der Waals surface area contributed by atoms with Gasteiger partial charge in [0.05, 0.1) is 6.26 Å². The van der Waals surface area contributed by atoms with Crippen LogP contribution in [-0.4, -0.2) is 34.6 Å². The van der Waals surface area contributed by atoms with Gasteiger partial charge in [0.1, 0.15) is 5.03 Å². The SMILES string of the molecule is CCn1c(Sc2ccc3nnc(C(F)F)n3n2)nnc1-c1ccco1. The third-order valence-corrected chi connectivity index (χ3v) is 4.34. The van der Waals surface area contributed by atoms with Crippen molar-refractivity contribution in [2.75, 3.05) is 0 Å². The van der Waals surface area contributed by atoms with E-state index >= 15 is 0 Å². The first kappa shape index (κ1) is 15.7. The van der Waals surface area contributed by atoms with Crippen molar-refractivity contribution in [1.29, 1.82) is 0 Å². The Balaban J connectivity index is 1.71. The van der Waals surface area contributed by atoms with Gasteiger partial charge in [0.2, 0.25) is 5.82 Å². The van der Waals surface area contributed by atoms with Gasteiger partial charge in [-0.25, -0.2) is 8.78 Å². The van der Waals surface area contributed by atoms with Crippen molar-refractivity contribution in [2.45, 2.75) is 30.1 Å². The maximum atomic E-state index is 13.0. The Labute approximate surface area is 143 Å². The van der Waals surface area contributed by atoms with E-state index in [2.05, 4.69) is 25.5 Å². The molecule has 0 fully saturated rings. The van der Waals surface area contributed by atoms with E-state index in [9.17, 15) is 8.78 Å². The van der Waals surface area contributed by atoms with E-state index in [4.69, 9.17) is 4.42 Å². The van der Waals surface area contributed by atoms with Crippen LogP contribution in [0.25, 0.3) is 17.2 Å². The summed E-state index contributed by atoms with van der Waals surface area (Å²) in [6.07, 6.45) is -1.20. The van der Waals surface area contributed by atoms with Crippen LogP contribution in [0.2, 0.25) is 0 Å². The van der Waals surface area contributed by atoms with Crippen molar-refractivity contribution in [3.63, 3.8) is 0 Å². The monoisotopic (exact) mass is 363 g/mol. The van der Waals surface area contributed by atoms with Crippen LogP contribution in [-0.2, 0) is 6.54 Å². The topological polar surface area (TPSA) is 86.9 Å². The fourth-order valence-corrected chi connectivity index (χ4v) is 3.16. The minimum absolute atomic E-state index is 0.257. The lowest BCUT2D eigenvalue weighted by atomic mass is 10.4. The highest BCUT2D eigenvalue weighted by atomic mass is 32.2. The van der Waals surface area contributed by atoms with Crippen LogP contribution in [0, 0.1) is 0 Å². The maximum absolute atomic E-state index is 13.0. The Bertz CT molecular complexity index is 1010. The molecule has 0 atom stereocenters. The average Bonchev–Trinajstić information content (AvgIpc) is 3.33. The maximum Gasteiger partial charge on any atom is 0.299 e. The molecule has 0 saturated carbocycles. The van der Waals surface area contributed by atoms with E-state index in [0.29, 0.717) is 28.3 Å². The second-order valence-electron chi connectivity index (χ2n) is 4.93. The highest BCUT2D eigenvalue weighted by Crippen LogP contribution is 2.29. The summed E-state index contributed by atoms with van der Waals surface area (Å²) >= 11 is 1.21. The number of furan rings is 1. The van der Waals surface area contributed by atoms with Gasteiger partial charge in [-0.3, -0.25) is 4.57 Å². The molecule has 4 aromatic heterocycles. The standard InChI is InChI=1S/C14H11F2N7OS/c1-2-22-12(8-4-3-7-24-8)18-20-14(22)25-10-6-5-9-17-19-13(11(15)16)23(9)21-10/h3-7,11H,2H2,1H3. The number of alkyl halides is 2. The van der Waals surface area contributed by atoms with Crippen LogP contribution in [0.4, 0.5) is 8.78 Å². The zero-order valence-electron chi connectivity index (χ0n) is 12.9. The predicted molar refractivity (Wildman–Crippen MR) is 83.3 cm³/mol. The minimum atomic E-state index is -2.76. The van der Waals surface area contributed by atoms with Gasteiger partial charge >= 0.3 is 0 Å². The summed E-state index contributed by atoms with van der Waals surface area (Å²) in [6.45, 7) is 2.56. The number of halogens is 2. The van der Waals surface area contributed by atoms with E-state index < -0.39 is 12.2 Å². The molecular formula is C14H11F2N7OS. The number of aromatic nitrogens is 7. The Kier molecular flexibility index (Phi) is 3.92. The van der Waals surface area contributed by atoms with Crippen molar-refractivity contribution in [2.24, 2.45) is 0 Å². The molecule has 0 amide bonds. The van der Waals surface area contributed by atoms with E-state index in [1.54, 1.807) is 30.5 Å². The van der Waals surface area contributed by atoms with Gasteiger partial charge in [-0.15, -0.1) is 20.4 Å². The molecule has 0 bridgehead atoms. The molecule has 11 heteroatoms. The van der Waals surface area contributed by atoms with Crippen molar-refractivity contribution in [3.05, 3.63) is 36.4 Å². The molecule has 0 radical (unpaired) electrons. The molecule has 0 N–H and O–H groups in total. The minimum Gasteiger partial charge on any atom is -0.461 e. The van der Waals surface area contributed by atoms with Gasteiger partial charge in [-0.05, 0) is 43.0 Å². The first-order valence-corrected chi connectivity index (χ1v) is 8.14. The molecule has 0 aromatic carbocycles. The fraction of sp³-hybridized carbons (Fsp3) is 0.214. The van der Waals surface area contributed by atoms with E-state index in [0.717, 1.165) is 4.52 Å². The number of fused-ring (bicyclic) bond motifs is 1. The van der Waals surface area contributed by atoms with E-state index in [-0.39, 0.29) is 5.65 Å². The van der Waals surface area contributed by atoms with Crippen molar-refractivity contribution < 1.29 is 13.2 Å². The smallest absolute Gasteiger partial charge is 0.299 e. The third-order valence-electron chi connectivity index (χ3n) is 3.43. The second kappa shape index (κ2) is 6.24. The number of hydrogen-bond acceptors (Lipinski definition) is 7. The van der Waals surface area contributed by atoms with Gasteiger partial charge in [-0.2, -0.15) is 9.61 Å². The van der Waals surface area contributed by atoms with E-state index in [1.165, 1.54) is 11.8 Å². The van der Waals surface area contributed by atoms with Gasteiger partial charge in [-0.1, -0.05) is 0 Å². The molecule has 0 spiro atoms. The summed E-state index contributed by atoms with van der Waals surface area (Å²) in [7, 11) is 0. The molecule has 0 saturated heterocycles. The molecule has 4 heterocycles. The quantitative estimate of drug-likeness (QED) is 0.538. The van der Waals surface area contributed by atoms with Crippen LogP contribution in [0.5, 0.6) is 0 Å². The van der Waals surface area contributed by atoms with Gasteiger partial charge in [0, 0.05) is 6.54 Å². The summed E-state index contributed by atoms with van der Waals surface area (Å²) in [4.78, 5) is 0. The lowest BCUT2D eigenvalue weighted by Gasteiger charge is -2.05. The summed E-state index contributed by atoms with van der Waals surface area (Å²) in [5.41, 5.74) is 0.257. The number of nitrogens with zero attached hydrogens (tertiary/aromatic N) is 7. The molecule has 0 unspecified atom stereocenters. The lowest BCUT2D eigenvalue weighted by molar-refractivity contribution is 0.137. The van der Waals surface area contributed by atoms with Gasteiger partial charge in [0.25, 0.3) is 6.43 Å². The molecule has 0 aliphatic carbocycles. The molecule has 0 aliphatic heterocycles. The Morgan fingerprint density at radius 2 is 2.04 bits per heavy atom. The van der Waals surface area contributed by atoms with Crippen LogP contribution >= 0.6 is 11.8 Å². The highest BCUT2D eigenvalue weighted by Gasteiger charge is 2.19. The third kappa shape index (κ3) is 2.76. The highest BCUT2D eigenvalue weighted by molar-refractivity contribution is 7.99. The Hall–Kier alpha value is -2.82. The lowest BCUT2D eigenvalue weighted by Crippen LogP contribution is -2.02. The largest absolute Gasteiger partial charge is 0.461 e. The number of hydrogen-bond donors (Lipinski definition) is 0. The van der Waals surface area contributed by atoms with Crippen molar-refractivity contribution >= 4 is 17.4 Å². The molecule has 4 rings (SSSR count). The van der Waals surface area contributed by atoms with Crippen LogP contribution < -0.4 is 0 Å². The summed E-state index contributed by atoms with van der Waals surface area (Å²) in [5, 5.41) is 20.6. The Morgan fingerprint density at radius 1 is 1.16 bits per heavy atom. The fourth-order valence-electron chi connectivity index (χ4n) is 2.31. The summed E-state index contributed by atoms with van der Waals surface area (Å²) in [6, 6.07) is 6.81. The first-order valence-electron chi connectivity index (χ1n) is 7.33. The second-order valence-corrected chi connectivity index (χ2v) is 5.92. The van der Waals surface area contributed by atoms with Gasteiger partial charge in [0.15, 0.2) is 22.4 Å². The summed E-state index contributed by atoms with van der Waals surface area (Å²) < 4.78 is 34.2.